The summed E-state index contributed by atoms with van der Waals surface area (Å²) in [5, 5.41) is 0. The Morgan fingerprint density at radius 2 is 2.17 bits per heavy atom. The third kappa shape index (κ3) is 2.62. The number of ether oxygens (including phenoxy) is 1. The molecule has 12 heavy (non-hydrogen) atoms. The zero-order valence-electron chi connectivity index (χ0n) is 6.70. The summed E-state index contributed by atoms with van der Waals surface area (Å²) >= 11 is 3.23. The van der Waals surface area contributed by atoms with Crippen LogP contribution in [0.3, 0.4) is 0 Å². The van der Waals surface area contributed by atoms with Crippen LogP contribution in [0, 0.1) is 0 Å². The maximum atomic E-state index is 5.26. The molecule has 0 bridgehead atoms. The van der Waals surface area contributed by atoms with Gasteiger partial charge in [0.15, 0.2) is 0 Å². The normalized spacial score (nSPS) is 12.2. The van der Waals surface area contributed by atoms with Gasteiger partial charge < -0.3 is 4.74 Å². The zero-order valence-corrected chi connectivity index (χ0v) is 8.28. The molecule has 1 aromatic rings. The van der Waals surface area contributed by atoms with Gasteiger partial charge in [-0.15, -0.1) is 0 Å². The highest BCUT2D eigenvalue weighted by Gasteiger charge is 2.00. The van der Waals surface area contributed by atoms with Crippen LogP contribution in [-0.4, -0.2) is 16.1 Å². The Morgan fingerprint density at radius 3 is 2.67 bits per heavy atom. The van der Waals surface area contributed by atoms with Gasteiger partial charge in [-0.2, -0.15) is 0 Å². The van der Waals surface area contributed by atoms with Crippen LogP contribution < -0.4 is 4.74 Å². The van der Waals surface area contributed by atoms with Gasteiger partial charge in [0.05, 0.1) is 4.47 Å². The van der Waals surface area contributed by atoms with E-state index in [9.17, 15) is 0 Å². The maximum absolute atomic E-state index is 5.26. The molecule has 1 rings (SSSR count). The Kier molecular flexibility index (Phi) is 3.22. The van der Waals surface area contributed by atoms with E-state index in [1.807, 2.05) is 6.92 Å². The first-order valence-electron chi connectivity index (χ1n) is 3.49. The van der Waals surface area contributed by atoms with Crippen molar-refractivity contribution in [2.24, 2.45) is 0 Å². The lowest BCUT2D eigenvalue weighted by Gasteiger charge is -2.06. The van der Waals surface area contributed by atoms with E-state index >= 15 is 0 Å². The van der Waals surface area contributed by atoms with Crippen molar-refractivity contribution in [3.05, 3.63) is 29.5 Å². The zero-order chi connectivity index (χ0) is 8.97. The minimum absolute atomic E-state index is 0.0637. The van der Waals surface area contributed by atoms with Crippen molar-refractivity contribution in [2.45, 2.75) is 13.0 Å². The molecule has 0 aromatic carbocycles. The number of halogens is 1. The van der Waals surface area contributed by atoms with Crippen LogP contribution in [0.1, 0.15) is 6.92 Å². The van der Waals surface area contributed by atoms with Crippen molar-refractivity contribution in [3.63, 3.8) is 0 Å². The van der Waals surface area contributed by atoms with Crippen LogP contribution in [0.5, 0.6) is 6.01 Å². The Bertz CT molecular complexity index is 260. The van der Waals surface area contributed by atoms with E-state index in [-0.39, 0.29) is 6.10 Å². The summed E-state index contributed by atoms with van der Waals surface area (Å²) in [6, 6.07) is 0.366. The van der Waals surface area contributed by atoms with Crippen molar-refractivity contribution in [1.82, 2.24) is 9.97 Å². The molecule has 1 unspecified atom stereocenters. The summed E-state index contributed by atoms with van der Waals surface area (Å²) < 4.78 is 6.09. The summed E-state index contributed by atoms with van der Waals surface area (Å²) in [6.07, 6.45) is 4.90. The standard InChI is InChI=1S/C8H9BrN2O/c1-3-6(2)12-8-10-4-7(9)5-11-8/h3-6H,1H2,2H3. The molecule has 3 nitrogen and oxygen atoms in total. The lowest BCUT2D eigenvalue weighted by molar-refractivity contribution is 0.247. The van der Waals surface area contributed by atoms with Crippen molar-refractivity contribution >= 4 is 15.9 Å². The lowest BCUT2D eigenvalue weighted by Crippen LogP contribution is -2.09. The van der Waals surface area contributed by atoms with E-state index < -0.39 is 0 Å². The van der Waals surface area contributed by atoms with Crippen LogP contribution in [0.15, 0.2) is 29.5 Å². The van der Waals surface area contributed by atoms with Crippen molar-refractivity contribution < 1.29 is 4.74 Å². The molecule has 1 aromatic heterocycles. The molecule has 0 spiro atoms. The van der Waals surface area contributed by atoms with E-state index in [1.165, 1.54) is 0 Å². The fraction of sp³-hybridized carbons (Fsp3) is 0.250. The quantitative estimate of drug-likeness (QED) is 0.745. The Labute approximate surface area is 79.6 Å². The topological polar surface area (TPSA) is 35.0 Å². The second kappa shape index (κ2) is 4.21. The summed E-state index contributed by atoms with van der Waals surface area (Å²) in [6.45, 7) is 5.46. The van der Waals surface area contributed by atoms with Gasteiger partial charge in [0, 0.05) is 12.4 Å². The number of rotatable bonds is 3. The van der Waals surface area contributed by atoms with Crippen molar-refractivity contribution in [1.29, 1.82) is 0 Å². The van der Waals surface area contributed by atoms with Gasteiger partial charge in [-0.25, -0.2) is 9.97 Å². The molecule has 0 amide bonds. The van der Waals surface area contributed by atoms with Gasteiger partial charge in [0.1, 0.15) is 6.10 Å². The Balaban J connectivity index is 2.64. The average Bonchev–Trinajstić information content (AvgIpc) is 2.09. The highest BCUT2D eigenvalue weighted by molar-refractivity contribution is 9.10. The number of hydrogen-bond donors (Lipinski definition) is 0. The molecule has 0 saturated heterocycles. The molecule has 0 radical (unpaired) electrons. The fourth-order valence-electron chi connectivity index (χ4n) is 0.576. The number of aromatic nitrogens is 2. The molecule has 0 fully saturated rings. The Morgan fingerprint density at radius 1 is 1.58 bits per heavy atom. The third-order valence-corrected chi connectivity index (χ3v) is 1.63. The van der Waals surface area contributed by atoms with Crippen LogP contribution in [-0.2, 0) is 0 Å². The molecule has 1 atom stereocenters. The molecular formula is C8H9BrN2O. The van der Waals surface area contributed by atoms with Crippen LogP contribution in [0.4, 0.5) is 0 Å². The van der Waals surface area contributed by atoms with Gasteiger partial charge in [-0.3, -0.25) is 0 Å². The second-order valence-corrected chi connectivity index (χ2v) is 3.16. The van der Waals surface area contributed by atoms with E-state index in [0.29, 0.717) is 6.01 Å². The average molecular weight is 229 g/mol. The van der Waals surface area contributed by atoms with Gasteiger partial charge in [0.2, 0.25) is 0 Å². The first-order valence-corrected chi connectivity index (χ1v) is 4.28. The minimum Gasteiger partial charge on any atom is -0.456 e. The Hall–Kier alpha value is -0.900. The first-order chi connectivity index (χ1) is 5.72. The van der Waals surface area contributed by atoms with Crippen molar-refractivity contribution in [3.8, 4) is 6.01 Å². The molecule has 4 heteroatoms. The monoisotopic (exact) mass is 228 g/mol. The molecule has 64 valence electrons. The highest BCUT2D eigenvalue weighted by atomic mass is 79.9. The van der Waals surface area contributed by atoms with E-state index in [0.717, 1.165) is 4.47 Å². The number of hydrogen-bond acceptors (Lipinski definition) is 3. The molecular weight excluding hydrogens is 220 g/mol. The van der Waals surface area contributed by atoms with Gasteiger partial charge >= 0.3 is 6.01 Å². The first kappa shape index (κ1) is 9.19. The van der Waals surface area contributed by atoms with E-state index in [2.05, 4.69) is 32.5 Å². The predicted octanol–water partition coefficient (Wildman–Crippen LogP) is 2.19. The van der Waals surface area contributed by atoms with Crippen LogP contribution in [0.2, 0.25) is 0 Å². The third-order valence-electron chi connectivity index (χ3n) is 1.22. The van der Waals surface area contributed by atoms with Gasteiger partial charge in [-0.05, 0) is 22.9 Å². The molecule has 1 heterocycles. The predicted molar refractivity (Wildman–Crippen MR) is 50.0 cm³/mol. The van der Waals surface area contributed by atoms with Crippen LogP contribution in [0.25, 0.3) is 0 Å². The smallest absolute Gasteiger partial charge is 0.316 e. The fourth-order valence-corrected chi connectivity index (χ4v) is 0.780. The van der Waals surface area contributed by atoms with Crippen molar-refractivity contribution in [2.75, 3.05) is 0 Å². The molecule has 0 N–H and O–H groups in total. The summed E-state index contributed by atoms with van der Waals surface area (Å²) in [7, 11) is 0. The molecule has 0 aliphatic rings. The van der Waals surface area contributed by atoms with Crippen LogP contribution >= 0.6 is 15.9 Å². The summed E-state index contributed by atoms with van der Waals surface area (Å²) in [5.74, 6) is 0. The second-order valence-electron chi connectivity index (χ2n) is 2.24. The van der Waals surface area contributed by atoms with Gasteiger partial charge in [0.25, 0.3) is 0 Å². The van der Waals surface area contributed by atoms with E-state index in [4.69, 9.17) is 4.74 Å². The van der Waals surface area contributed by atoms with Gasteiger partial charge in [-0.1, -0.05) is 12.7 Å². The highest BCUT2D eigenvalue weighted by Crippen LogP contribution is 2.09. The SMILES string of the molecule is C=CC(C)Oc1ncc(Br)cn1. The molecule has 0 saturated carbocycles. The largest absolute Gasteiger partial charge is 0.456 e. The number of nitrogens with zero attached hydrogens (tertiary/aromatic N) is 2. The maximum Gasteiger partial charge on any atom is 0.316 e. The molecule has 0 aliphatic heterocycles. The lowest BCUT2D eigenvalue weighted by atomic mass is 10.4. The summed E-state index contributed by atoms with van der Waals surface area (Å²) in [5.41, 5.74) is 0. The summed E-state index contributed by atoms with van der Waals surface area (Å²) in [4.78, 5) is 7.88. The van der Waals surface area contributed by atoms with E-state index in [1.54, 1.807) is 18.5 Å². The minimum atomic E-state index is -0.0637. The molecule has 0 aliphatic carbocycles.